The number of carbonyl (C=O) groups excluding carboxylic acids is 2. The van der Waals surface area contributed by atoms with E-state index in [1.54, 1.807) is 25.5 Å². The van der Waals surface area contributed by atoms with E-state index < -0.39 is 6.04 Å². The molecule has 1 fully saturated rings. The molecule has 1 aliphatic carbocycles. The number of hydrogen-bond donors (Lipinski definition) is 2. The van der Waals surface area contributed by atoms with Gasteiger partial charge in [0.2, 0.25) is 5.91 Å². The number of amides is 2. The number of fused-ring (bicyclic) bond motifs is 1. The van der Waals surface area contributed by atoms with E-state index in [1.807, 2.05) is 34.5 Å². The Hall–Kier alpha value is -3.13. The third-order valence-corrected chi connectivity index (χ3v) is 7.24. The minimum atomic E-state index is -0.530. The summed E-state index contributed by atoms with van der Waals surface area (Å²) in [5.74, 6) is 0.409. The normalized spacial score (nSPS) is 25.1. The predicted molar refractivity (Wildman–Crippen MR) is 123 cm³/mol. The molecular formula is C24H26N4O3S. The maximum atomic E-state index is 13.8. The summed E-state index contributed by atoms with van der Waals surface area (Å²) in [6.07, 6.45) is 9.08. The summed E-state index contributed by atoms with van der Waals surface area (Å²) in [4.78, 5) is 33.0. The van der Waals surface area contributed by atoms with Crippen LogP contribution in [0.4, 0.5) is 0 Å². The molecule has 1 aromatic heterocycles. The lowest BCUT2D eigenvalue weighted by molar-refractivity contribution is -0.131. The van der Waals surface area contributed by atoms with E-state index in [1.165, 1.54) is 11.3 Å². The number of rotatable bonds is 4. The SMILES string of the molecule is COc1ccccc1[C@@H]1C2=C(CNC2=O)N[C@@H]2CCCC[C@H]2N1C(=O)/C=C/c1nccs1. The van der Waals surface area contributed by atoms with Gasteiger partial charge in [-0.15, -0.1) is 11.3 Å². The topological polar surface area (TPSA) is 83.6 Å². The highest BCUT2D eigenvalue weighted by Crippen LogP contribution is 2.43. The molecule has 32 heavy (non-hydrogen) atoms. The molecule has 2 N–H and O–H groups in total. The summed E-state index contributed by atoms with van der Waals surface area (Å²) >= 11 is 1.48. The first kappa shape index (κ1) is 20.8. The van der Waals surface area contributed by atoms with Crippen molar-refractivity contribution in [3.8, 4) is 5.75 Å². The molecule has 3 aliphatic rings. The van der Waals surface area contributed by atoms with Crippen molar-refractivity contribution in [2.45, 2.75) is 43.8 Å². The Labute approximate surface area is 191 Å². The van der Waals surface area contributed by atoms with E-state index in [2.05, 4.69) is 15.6 Å². The second-order valence-corrected chi connectivity index (χ2v) is 9.20. The van der Waals surface area contributed by atoms with Gasteiger partial charge in [0.15, 0.2) is 0 Å². The van der Waals surface area contributed by atoms with E-state index in [4.69, 9.17) is 4.74 Å². The Morgan fingerprint density at radius 2 is 2.12 bits per heavy atom. The van der Waals surface area contributed by atoms with Crippen molar-refractivity contribution in [3.05, 3.63) is 63.8 Å². The zero-order valence-electron chi connectivity index (χ0n) is 17.9. The minimum absolute atomic E-state index is 0.0227. The first-order valence-corrected chi connectivity index (χ1v) is 11.9. The number of hydrogen-bond acceptors (Lipinski definition) is 6. The van der Waals surface area contributed by atoms with E-state index in [0.29, 0.717) is 17.9 Å². The Bertz CT molecular complexity index is 1080. The third-order valence-electron chi connectivity index (χ3n) is 6.50. The monoisotopic (exact) mass is 450 g/mol. The highest BCUT2D eigenvalue weighted by molar-refractivity contribution is 7.10. The van der Waals surface area contributed by atoms with Gasteiger partial charge in [-0.25, -0.2) is 4.98 Å². The number of methoxy groups -OCH3 is 1. The van der Waals surface area contributed by atoms with Gasteiger partial charge in [0, 0.05) is 35.0 Å². The fourth-order valence-electron chi connectivity index (χ4n) is 5.11. The molecule has 0 saturated heterocycles. The van der Waals surface area contributed by atoms with E-state index in [9.17, 15) is 9.59 Å². The van der Waals surface area contributed by atoms with Gasteiger partial charge in [0.25, 0.3) is 5.91 Å². The zero-order chi connectivity index (χ0) is 22.1. The average Bonchev–Trinajstić information content (AvgIpc) is 3.43. The predicted octanol–water partition coefficient (Wildman–Crippen LogP) is 3.03. The molecule has 3 atom stereocenters. The van der Waals surface area contributed by atoms with E-state index in [-0.39, 0.29) is 23.9 Å². The number of para-hydroxylation sites is 1. The van der Waals surface area contributed by atoms with E-state index >= 15 is 0 Å². The molecule has 8 heteroatoms. The maximum absolute atomic E-state index is 13.8. The summed E-state index contributed by atoms with van der Waals surface area (Å²) < 4.78 is 5.67. The minimum Gasteiger partial charge on any atom is -0.496 e. The fourth-order valence-corrected chi connectivity index (χ4v) is 5.64. The third kappa shape index (κ3) is 3.68. The first-order chi connectivity index (χ1) is 15.7. The van der Waals surface area contributed by atoms with Crippen molar-refractivity contribution in [2.24, 2.45) is 0 Å². The smallest absolute Gasteiger partial charge is 0.251 e. The van der Waals surface area contributed by atoms with Crippen LogP contribution in [0.3, 0.4) is 0 Å². The summed E-state index contributed by atoms with van der Waals surface area (Å²) in [6.45, 7) is 0.458. The quantitative estimate of drug-likeness (QED) is 0.700. The van der Waals surface area contributed by atoms with Crippen LogP contribution in [0.5, 0.6) is 5.75 Å². The zero-order valence-corrected chi connectivity index (χ0v) is 18.7. The number of benzene rings is 1. The molecular weight excluding hydrogens is 424 g/mol. The van der Waals surface area contributed by atoms with Gasteiger partial charge in [0.1, 0.15) is 10.8 Å². The largest absolute Gasteiger partial charge is 0.496 e. The van der Waals surface area contributed by atoms with Gasteiger partial charge in [-0.05, 0) is 25.0 Å². The number of carbonyl (C=O) groups is 2. The highest BCUT2D eigenvalue weighted by atomic mass is 32.1. The van der Waals surface area contributed by atoms with Gasteiger partial charge in [0.05, 0.1) is 31.3 Å². The number of nitrogens with one attached hydrogen (secondary N) is 2. The lowest BCUT2D eigenvalue weighted by Gasteiger charge is -2.42. The Morgan fingerprint density at radius 3 is 2.94 bits per heavy atom. The van der Waals surface area contributed by atoms with Crippen LogP contribution in [-0.2, 0) is 9.59 Å². The highest BCUT2D eigenvalue weighted by Gasteiger charge is 2.46. The number of aromatic nitrogens is 1. The average molecular weight is 451 g/mol. The van der Waals surface area contributed by atoms with Crippen LogP contribution in [-0.4, -0.2) is 47.4 Å². The van der Waals surface area contributed by atoms with E-state index in [0.717, 1.165) is 42.0 Å². The van der Waals surface area contributed by atoms with Crippen LogP contribution in [0.1, 0.15) is 42.3 Å². The second kappa shape index (κ2) is 8.78. The van der Waals surface area contributed by atoms with Gasteiger partial charge in [-0.2, -0.15) is 0 Å². The van der Waals surface area contributed by atoms with Crippen molar-refractivity contribution in [1.82, 2.24) is 20.5 Å². The molecule has 0 spiro atoms. The lowest BCUT2D eigenvalue weighted by atomic mass is 9.87. The standard InChI is InChI=1S/C24H26N4O3S/c1-31-19-9-5-2-6-15(19)23-22-17(14-26-24(22)30)27-16-7-3-4-8-18(16)28(23)21(29)11-10-20-25-12-13-32-20/h2,5-6,9-13,16,18,23,27H,3-4,7-8,14H2,1H3,(H,26,30)/b11-10+/t16-,18-,23-/m1/s1. The molecule has 7 nitrogen and oxygen atoms in total. The van der Waals surface area contributed by atoms with Gasteiger partial charge < -0.3 is 20.3 Å². The molecule has 0 radical (unpaired) electrons. The molecule has 2 amide bonds. The first-order valence-electron chi connectivity index (χ1n) is 11.0. The van der Waals surface area contributed by atoms with Gasteiger partial charge in [-0.1, -0.05) is 31.0 Å². The molecule has 1 saturated carbocycles. The Kier molecular flexibility index (Phi) is 5.70. The van der Waals surface area contributed by atoms with Gasteiger partial charge in [-0.3, -0.25) is 9.59 Å². The Balaban J connectivity index is 1.65. The molecule has 0 bridgehead atoms. The molecule has 3 heterocycles. The van der Waals surface area contributed by atoms with Gasteiger partial charge >= 0.3 is 0 Å². The summed E-state index contributed by atoms with van der Waals surface area (Å²) in [7, 11) is 1.62. The summed E-state index contributed by atoms with van der Waals surface area (Å²) in [5.41, 5.74) is 2.32. The van der Waals surface area contributed by atoms with Crippen LogP contribution in [0.2, 0.25) is 0 Å². The van der Waals surface area contributed by atoms with Crippen molar-refractivity contribution in [3.63, 3.8) is 0 Å². The van der Waals surface area contributed by atoms with Crippen LogP contribution < -0.4 is 15.4 Å². The van der Waals surface area contributed by atoms with Crippen LogP contribution in [0, 0.1) is 0 Å². The van der Waals surface area contributed by atoms with Crippen molar-refractivity contribution in [1.29, 1.82) is 0 Å². The van der Waals surface area contributed by atoms with Crippen molar-refractivity contribution in [2.75, 3.05) is 13.7 Å². The number of nitrogens with zero attached hydrogens (tertiary/aromatic N) is 2. The summed E-state index contributed by atoms with van der Waals surface area (Å²) in [6, 6.07) is 7.22. The second-order valence-electron chi connectivity index (χ2n) is 8.27. The number of ether oxygens (including phenoxy) is 1. The molecule has 2 aromatic rings. The molecule has 166 valence electrons. The maximum Gasteiger partial charge on any atom is 0.251 e. The van der Waals surface area contributed by atoms with Crippen molar-refractivity contribution < 1.29 is 14.3 Å². The number of thiazole rings is 1. The van der Waals surface area contributed by atoms with Crippen LogP contribution in [0.25, 0.3) is 6.08 Å². The molecule has 2 aliphatic heterocycles. The Morgan fingerprint density at radius 1 is 1.28 bits per heavy atom. The fraction of sp³-hybridized carbons (Fsp3) is 0.375. The van der Waals surface area contributed by atoms with Crippen LogP contribution >= 0.6 is 11.3 Å². The molecule has 1 aromatic carbocycles. The van der Waals surface area contributed by atoms with Crippen LogP contribution in [0.15, 0.2) is 53.2 Å². The van der Waals surface area contributed by atoms with Crippen molar-refractivity contribution >= 4 is 29.2 Å². The molecule has 0 unspecified atom stereocenters. The molecule has 5 rings (SSSR count). The lowest BCUT2D eigenvalue weighted by Crippen LogP contribution is -2.53. The summed E-state index contributed by atoms with van der Waals surface area (Å²) in [5, 5.41) is 9.24.